The van der Waals surface area contributed by atoms with Gasteiger partial charge in [-0.15, -0.1) is 0 Å². The van der Waals surface area contributed by atoms with Crippen molar-refractivity contribution in [1.82, 2.24) is 19.9 Å². The topological polar surface area (TPSA) is 82.1 Å². The maximum Gasteiger partial charge on any atom is 0.272 e. The molecule has 2 N–H and O–H groups in total. The molecule has 6 nitrogen and oxygen atoms in total. The standard InChI is InChI=1S/C20H22N4O2/c1-12-13(2)22-19(21-12)15-4-3-9-24(11-15)20(26)18-7-5-14-10-16(25)6-8-17(14)23-18/h5-8,10,15,25H,3-4,9,11H2,1-2H3,(H,21,22). The summed E-state index contributed by atoms with van der Waals surface area (Å²) in [5, 5.41) is 10.4. The molecule has 3 heterocycles. The molecule has 0 aliphatic carbocycles. The summed E-state index contributed by atoms with van der Waals surface area (Å²) >= 11 is 0. The molecule has 0 bridgehead atoms. The van der Waals surface area contributed by atoms with Crippen LogP contribution in [-0.2, 0) is 0 Å². The van der Waals surface area contributed by atoms with Crippen molar-refractivity contribution in [2.24, 2.45) is 0 Å². The summed E-state index contributed by atoms with van der Waals surface area (Å²) in [4.78, 5) is 27.3. The number of aromatic amines is 1. The van der Waals surface area contributed by atoms with E-state index in [1.54, 1.807) is 24.3 Å². The average Bonchev–Trinajstić information content (AvgIpc) is 2.99. The quantitative estimate of drug-likeness (QED) is 0.743. The first-order valence-corrected chi connectivity index (χ1v) is 8.93. The van der Waals surface area contributed by atoms with Gasteiger partial charge in [-0.2, -0.15) is 0 Å². The van der Waals surface area contributed by atoms with Gasteiger partial charge in [0.05, 0.1) is 11.2 Å². The van der Waals surface area contributed by atoms with Crippen molar-refractivity contribution in [3.05, 3.63) is 53.2 Å². The fourth-order valence-electron chi connectivity index (χ4n) is 3.55. The number of H-pyrrole nitrogens is 1. The molecule has 0 saturated carbocycles. The number of benzene rings is 1. The number of hydrogen-bond acceptors (Lipinski definition) is 4. The normalized spacial score (nSPS) is 17.6. The highest BCUT2D eigenvalue weighted by Crippen LogP contribution is 2.27. The van der Waals surface area contributed by atoms with Crippen LogP contribution < -0.4 is 0 Å². The van der Waals surface area contributed by atoms with E-state index >= 15 is 0 Å². The van der Waals surface area contributed by atoms with Crippen molar-refractivity contribution in [3.63, 3.8) is 0 Å². The zero-order chi connectivity index (χ0) is 18.3. The van der Waals surface area contributed by atoms with E-state index < -0.39 is 0 Å². The SMILES string of the molecule is Cc1nc(C2CCCN(C(=O)c3ccc4cc(O)ccc4n3)C2)[nH]c1C. The van der Waals surface area contributed by atoms with Crippen LogP contribution in [0.25, 0.3) is 10.9 Å². The summed E-state index contributed by atoms with van der Waals surface area (Å²) in [5.74, 6) is 1.35. The molecule has 1 atom stereocenters. The summed E-state index contributed by atoms with van der Waals surface area (Å²) < 4.78 is 0. The second-order valence-corrected chi connectivity index (χ2v) is 7.00. The Bertz CT molecular complexity index is 960. The van der Waals surface area contributed by atoms with Crippen LogP contribution in [0.15, 0.2) is 30.3 Å². The largest absolute Gasteiger partial charge is 0.508 e. The van der Waals surface area contributed by atoms with Crippen molar-refractivity contribution < 1.29 is 9.90 Å². The maximum atomic E-state index is 12.9. The summed E-state index contributed by atoms with van der Waals surface area (Å²) in [5.41, 5.74) is 3.25. The number of nitrogens with one attached hydrogen (secondary N) is 1. The number of nitrogens with zero attached hydrogens (tertiary/aromatic N) is 3. The van der Waals surface area contributed by atoms with Gasteiger partial charge in [-0.25, -0.2) is 9.97 Å². The summed E-state index contributed by atoms with van der Waals surface area (Å²) in [6.45, 7) is 5.41. The minimum Gasteiger partial charge on any atom is -0.508 e. The second kappa shape index (κ2) is 6.44. The van der Waals surface area contributed by atoms with E-state index in [4.69, 9.17) is 0 Å². The minimum absolute atomic E-state index is 0.0512. The van der Waals surface area contributed by atoms with Gasteiger partial charge in [0.25, 0.3) is 5.91 Å². The third-order valence-electron chi connectivity index (χ3n) is 5.13. The monoisotopic (exact) mass is 350 g/mol. The minimum atomic E-state index is -0.0512. The van der Waals surface area contributed by atoms with Gasteiger partial charge in [0.15, 0.2) is 0 Å². The fraction of sp³-hybridized carbons (Fsp3) is 0.350. The van der Waals surface area contributed by atoms with E-state index in [9.17, 15) is 9.90 Å². The lowest BCUT2D eigenvalue weighted by Gasteiger charge is -2.31. The van der Waals surface area contributed by atoms with E-state index in [0.717, 1.165) is 42.0 Å². The van der Waals surface area contributed by atoms with Crippen LogP contribution >= 0.6 is 0 Å². The first-order valence-electron chi connectivity index (χ1n) is 8.93. The number of phenols is 1. The molecule has 1 aliphatic rings. The van der Waals surface area contributed by atoms with Crippen LogP contribution in [0.3, 0.4) is 0 Å². The predicted octanol–water partition coefficient (Wildman–Crippen LogP) is 3.30. The third-order valence-corrected chi connectivity index (χ3v) is 5.13. The Labute approximate surface area is 151 Å². The van der Waals surface area contributed by atoms with Gasteiger partial charge in [-0.05, 0) is 51.0 Å². The third kappa shape index (κ3) is 3.03. The van der Waals surface area contributed by atoms with Crippen molar-refractivity contribution in [1.29, 1.82) is 0 Å². The zero-order valence-electron chi connectivity index (χ0n) is 15.0. The molecule has 1 unspecified atom stereocenters. The number of amides is 1. The number of piperidine rings is 1. The van der Waals surface area contributed by atoms with E-state index in [-0.39, 0.29) is 17.6 Å². The Balaban J connectivity index is 1.56. The first-order chi connectivity index (χ1) is 12.5. The molecule has 0 spiro atoms. The van der Waals surface area contributed by atoms with Crippen LogP contribution in [0.5, 0.6) is 5.75 Å². The fourth-order valence-corrected chi connectivity index (χ4v) is 3.55. The molecule has 26 heavy (non-hydrogen) atoms. The molecule has 1 fully saturated rings. The number of carbonyl (C=O) groups excluding carboxylic acids is 1. The van der Waals surface area contributed by atoms with Crippen LogP contribution in [0.2, 0.25) is 0 Å². The summed E-state index contributed by atoms with van der Waals surface area (Å²) in [6.07, 6.45) is 1.98. The highest BCUT2D eigenvalue weighted by atomic mass is 16.3. The molecule has 1 saturated heterocycles. The van der Waals surface area contributed by atoms with Gasteiger partial charge >= 0.3 is 0 Å². The van der Waals surface area contributed by atoms with E-state index in [0.29, 0.717) is 17.8 Å². The van der Waals surface area contributed by atoms with E-state index in [1.807, 2.05) is 24.8 Å². The Morgan fingerprint density at radius 3 is 2.85 bits per heavy atom. The van der Waals surface area contributed by atoms with Crippen molar-refractivity contribution in [2.75, 3.05) is 13.1 Å². The zero-order valence-corrected chi connectivity index (χ0v) is 15.0. The van der Waals surface area contributed by atoms with Gasteiger partial charge in [0, 0.05) is 30.1 Å². The molecule has 1 aromatic carbocycles. The van der Waals surface area contributed by atoms with E-state index in [2.05, 4.69) is 15.0 Å². The van der Waals surface area contributed by atoms with Gasteiger partial charge in [0.2, 0.25) is 0 Å². The number of imidazole rings is 1. The van der Waals surface area contributed by atoms with Gasteiger partial charge < -0.3 is 15.0 Å². The number of fused-ring (bicyclic) bond motifs is 1. The van der Waals surface area contributed by atoms with Crippen LogP contribution in [0.4, 0.5) is 0 Å². The number of aromatic nitrogens is 3. The van der Waals surface area contributed by atoms with E-state index in [1.165, 1.54) is 0 Å². The van der Waals surface area contributed by atoms with Crippen molar-refractivity contribution in [3.8, 4) is 5.75 Å². The molecule has 3 aromatic rings. The molecular formula is C20H22N4O2. The Kier molecular flexibility index (Phi) is 4.11. The maximum absolute atomic E-state index is 12.9. The molecule has 0 radical (unpaired) electrons. The highest BCUT2D eigenvalue weighted by molar-refractivity contribution is 5.95. The lowest BCUT2D eigenvalue weighted by atomic mass is 9.97. The summed E-state index contributed by atoms with van der Waals surface area (Å²) in [7, 11) is 0. The number of likely N-dealkylation sites (tertiary alicyclic amines) is 1. The van der Waals surface area contributed by atoms with Gasteiger partial charge in [-0.1, -0.05) is 6.07 Å². The molecule has 2 aromatic heterocycles. The van der Waals surface area contributed by atoms with Crippen molar-refractivity contribution >= 4 is 16.8 Å². The molecule has 6 heteroatoms. The molecule has 4 rings (SSSR count). The lowest BCUT2D eigenvalue weighted by Crippen LogP contribution is -2.39. The summed E-state index contributed by atoms with van der Waals surface area (Å²) in [6, 6.07) is 8.52. The Morgan fingerprint density at radius 1 is 1.23 bits per heavy atom. The predicted molar refractivity (Wildman–Crippen MR) is 99.3 cm³/mol. The number of hydrogen-bond donors (Lipinski definition) is 2. The van der Waals surface area contributed by atoms with Crippen LogP contribution in [-0.4, -0.2) is 44.0 Å². The number of phenolic OH excluding ortho intramolecular Hbond substituents is 1. The number of carbonyl (C=O) groups is 1. The van der Waals surface area contributed by atoms with Crippen molar-refractivity contribution in [2.45, 2.75) is 32.6 Å². The lowest BCUT2D eigenvalue weighted by molar-refractivity contribution is 0.0699. The average molecular weight is 350 g/mol. The Morgan fingerprint density at radius 2 is 2.08 bits per heavy atom. The second-order valence-electron chi connectivity index (χ2n) is 7.00. The Hall–Kier alpha value is -2.89. The van der Waals surface area contributed by atoms with Crippen LogP contribution in [0, 0.1) is 13.8 Å². The number of pyridine rings is 1. The molecular weight excluding hydrogens is 328 g/mol. The molecule has 134 valence electrons. The highest BCUT2D eigenvalue weighted by Gasteiger charge is 2.28. The van der Waals surface area contributed by atoms with Gasteiger partial charge in [0.1, 0.15) is 17.3 Å². The molecule has 1 aliphatic heterocycles. The van der Waals surface area contributed by atoms with Crippen LogP contribution in [0.1, 0.15) is 46.5 Å². The number of rotatable bonds is 2. The molecule has 1 amide bonds. The first kappa shape index (κ1) is 16.6. The van der Waals surface area contributed by atoms with Gasteiger partial charge in [-0.3, -0.25) is 4.79 Å². The number of aromatic hydroxyl groups is 1. The smallest absolute Gasteiger partial charge is 0.272 e. The number of aryl methyl sites for hydroxylation is 2.